The van der Waals surface area contributed by atoms with Crippen molar-refractivity contribution in [1.82, 2.24) is 0 Å². The van der Waals surface area contributed by atoms with Crippen LogP contribution >= 0.6 is 15.9 Å². The standard InChI is InChI=1S/C32H49BrO4/c1-27(2)23-8-11-32(7)25(30(23,5)10-9-24(27)35)22(34)18-20-21-19-29(4,26(36)37-17-16-33)13-12-28(21,3)14-15-31(20,32)6/h18,21,23-25,35H,8-17,19H2,1-7H3/t21-,23-,24-,25+,28+,29-,30-,31+,32+/m0/s1. The van der Waals surface area contributed by atoms with Crippen molar-refractivity contribution in [2.75, 3.05) is 11.9 Å². The van der Waals surface area contributed by atoms with Crippen LogP contribution in [0.25, 0.3) is 0 Å². The van der Waals surface area contributed by atoms with E-state index in [-0.39, 0.29) is 51.0 Å². The van der Waals surface area contributed by atoms with Gasteiger partial charge in [0.05, 0.1) is 11.5 Å². The molecule has 208 valence electrons. The second-order valence-electron chi connectivity index (χ2n) is 15.5. The highest BCUT2D eigenvalue weighted by molar-refractivity contribution is 9.09. The zero-order chi connectivity index (χ0) is 27.2. The Morgan fingerprint density at radius 1 is 1.00 bits per heavy atom. The van der Waals surface area contributed by atoms with Crippen molar-refractivity contribution >= 4 is 27.7 Å². The lowest BCUT2D eigenvalue weighted by atomic mass is 9.33. The van der Waals surface area contributed by atoms with Crippen LogP contribution in [-0.2, 0) is 14.3 Å². The molecule has 0 amide bonds. The van der Waals surface area contributed by atoms with Crippen LogP contribution in [0.2, 0.25) is 0 Å². The molecule has 0 radical (unpaired) electrons. The van der Waals surface area contributed by atoms with Crippen LogP contribution in [0.4, 0.5) is 0 Å². The van der Waals surface area contributed by atoms with Gasteiger partial charge in [-0.15, -0.1) is 0 Å². The van der Waals surface area contributed by atoms with Gasteiger partial charge >= 0.3 is 5.97 Å². The van der Waals surface area contributed by atoms with E-state index in [1.807, 2.05) is 0 Å². The minimum Gasteiger partial charge on any atom is -0.464 e. The Morgan fingerprint density at radius 3 is 2.35 bits per heavy atom. The van der Waals surface area contributed by atoms with E-state index in [0.717, 1.165) is 57.8 Å². The minimum atomic E-state index is -0.501. The van der Waals surface area contributed by atoms with Gasteiger partial charge < -0.3 is 9.84 Å². The maximum absolute atomic E-state index is 14.4. The van der Waals surface area contributed by atoms with Crippen molar-refractivity contribution < 1.29 is 19.4 Å². The summed E-state index contributed by atoms with van der Waals surface area (Å²) >= 11 is 3.38. The molecule has 9 atom stereocenters. The summed E-state index contributed by atoms with van der Waals surface area (Å²) in [6.45, 7) is 16.6. The molecular weight excluding hydrogens is 528 g/mol. The van der Waals surface area contributed by atoms with E-state index in [0.29, 0.717) is 23.6 Å². The number of halogens is 1. The quantitative estimate of drug-likeness (QED) is 0.283. The van der Waals surface area contributed by atoms with Gasteiger partial charge in [0.15, 0.2) is 5.78 Å². The third-order valence-corrected chi connectivity index (χ3v) is 13.7. The second kappa shape index (κ2) is 8.66. The van der Waals surface area contributed by atoms with Crippen molar-refractivity contribution in [2.24, 2.45) is 50.2 Å². The number of hydrogen-bond donors (Lipinski definition) is 1. The minimum absolute atomic E-state index is 0.0116. The zero-order valence-electron chi connectivity index (χ0n) is 24.2. The van der Waals surface area contributed by atoms with E-state index in [9.17, 15) is 14.7 Å². The normalized spacial score (nSPS) is 50.6. The molecule has 0 aliphatic heterocycles. The Kier molecular flexibility index (Phi) is 6.52. The van der Waals surface area contributed by atoms with Gasteiger partial charge in [-0.2, -0.15) is 0 Å². The highest BCUT2D eigenvalue weighted by Gasteiger charge is 2.70. The fourth-order valence-electron chi connectivity index (χ4n) is 10.7. The third-order valence-electron chi connectivity index (χ3n) is 13.4. The molecule has 4 nitrogen and oxygen atoms in total. The fraction of sp³-hybridized carbons (Fsp3) is 0.875. The Bertz CT molecular complexity index is 1020. The van der Waals surface area contributed by atoms with E-state index in [2.05, 4.69) is 70.5 Å². The summed E-state index contributed by atoms with van der Waals surface area (Å²) in [4.78, 5) is 27.6. The van der Waals surface area contributed by atoms with E-state index in [4.69, 9.17) is 4.74 Å². The summed E-state index contributed by atoms with van der Waals surface area (Å²) in [5.41, 5.74) is 0.526. The molecule has 0 aromatic rings. The first-order valence-corrected chi connectivity index (χ1v) is 15.9. The first-order valence-electron chi connectivity index (χ1n) is 14.8. The van der Waals surface area contributed by atoms with Crippen LogP contribution in [0, 0.1) is 50.2 Å². The number of ether oxygens (including phenoxy) is 1. The average Bonchev–Trinajstić information content (AvgIpc) is 2.82. The molecule has 0 bridgehead atoms. The number of carbonyl (C=O) groups excluding carboxylic acids is 2. The van der Waals surface area contributed by atoms with Crippen LogP contribution in [0.1, 0.15) is 106 Å². The van der Waals surface area contributed by atoms with Gasteiger partial charge in [-0.05, 0) is 110 Å². The summed E-state index contributed by atoms with van der Waals surface area (Å²) < 4.78 is 5.64. The Morgan fingerprint density at radius 2 is 1.68 bits per heavy atom. The second-order valence-corrected chi connectivity index (χ2v) is 16.2. The zero-order valence-corrected chi connectivity index (χ0v) is 25.8. The van der Waals surface area contributed by atoms with Crippen LogP contribution in [0.15, 0.2) is 11.6 Å². The number of fused-ring (bicyclic) bond motifs is 7. The predicted octanol–water partition coefficient (Wildman–Crippen LogP) is 7.27. The molecule has 0 saturated heterocycles. The summed E-state index contributed by atoms with van der Waals surface area (Å²) in [5.74, 6) is 0.804. The number of alkyl halides is 1. The van der Waals surface area contributed by atoms with Crippen LogP contribution in [-0.4, -0.2) is 34.9 Å². The van der Waals surface area contributed by atoms with Crippen molar-refractivity contribution in [3.05, 3.63) is 11.6 Å². The van der Waals surface area contributed by atoms with Gasteiger partial charge in [0.25, 0.3) is 0 Å². The van der Waals surface area contributed by atoms with E-state index in [1.54, 1.807) is 0 Å². The molecule has 5 aliphatic rings. The maximum Gasteiger partial charge on any atom is 0.311 e. The van der Waals surface area contributed by atoms with Crippen LogP contribution in [0.3, 0.4) is 0 Å². The molecule has 0 heterocycles. The average molecular weight is 578 g/mol. The number of allylic oxidation sites excluding steroid dienone is 2. The molecule has 4 saturated carbocycles. The molecule has 5 rings (SSSR count). The van der Waals surface area contributed by atoms with Gasteiger partial charge in [-0.25, -0.2) is 0 Å². The summed E-state index contributed by atoms with van der Waals surface area (Å²) in [5, 5.41) is 11.6. The van der Waals surface area contributed by atoms with Gasteiger partial charge in [-0.3, -0.25) is 9.59 Å². The van der Waals surface area contributed by atoms with Gasteiger partial charge in [0, 0.05) is 11.2 Å². The number of hydrogen-bond acceptors (Lipinski definition) is 4. The molecule has 0 unspecified atom stereocenters. The molecule has 0 aromatic carbocycles. The van der Waals surface area contributed by atoms with Crippen molar-refractivity contribution in [3.63, 3.8) is 0 Å². The molecule has 5 aliphatic carbocycles. The highest BCUT2D eigenvalue weighted by atomic mass is 79.9. The van der Waals surface area contributed by atoms with Gasteiger partial charge in [0.2, 0.25) is 0 Å². The Hall–Kier alpha value is -0.680. The molecule has 4 fully saturated rings. The Labute approximate surface area is 232 Å². The largest absolute Gasteiger partial charge is 0.464 e. The number of ketones is 1. The summed E-state index contributed by atoms with van der Waals surface area (Å²) in [6.07, 6.45) is 10.5. The van der Waals surface area contributed by atoms with Crippen LogP contribution in [0.5, 0.6) is 0 Å². The molecule has 37 heavy (non-hydrogen) atoms. The highest BCUT2D eigenvalue weighted by Crippen LogP contribution is 2.75. The number of aliphatic hydroxyl groups is 1. The lowest BCUT2D eigenvalue weighted by Crippen LogP contribution is -2.66. The fourth-order valence-corrected chi connectivity index (χ4v) is 10.8. The predicted molar refractivity (Wildman–Crippen MR) is 150 cm³/mol. The lowest BCUT2D eigenvalue weighted by molar-refractivity contribution is -0.202. The lowest BCUT2D eigenvalue weighted by Gasteiger charge is -2.70. The number of carbonyl (C=O) groups is 2. The SMILES string of the molecule is CC1(C)[C@@H](O)CC[C@]2(C)[C@H]3C(=O)C=C4[C@@H]5C[C@@](C)(C(=O)OCCBr)CC[C@]5(C)CC[C@@]4(C)[C@]3(C)CC[C@@H]12. The van der Waals surface area contributed by atoms with Crippen molar-refractivity contribution in [2.45, 2.75) is 112 Å². The van der Waals surface area contributed by atoms with E-state index in [1.165, 1.54) is 5.57 Å². The molecule has 5 heteroatoms. The number of aliphatic hydroxyl groups excluding tert-OH is 1. The van der Waals surface area contributed by atoms with E-state index < -0.39 is 5.41 Å². The molecule has 0 spiro atoms. The van der Waals surface area contributed by atoms with E-state index >= 15 is 0 Å². The smallest absolute Gasteiger partial charge is 0.311 e. The van der Waals surface area contributed by atoms with Gasteiger partial charge in [-0.1, -0.05) is 63.0 Å². The number of esters is 1. The summed E-state index contributed by atoms with van der Waals surface area (Å²) in [6, 6.07) is 0. The molecular formula is C32H49BrO4. The first kappa shape index (κ1) is 27.9. The monoisotopic (exact) mass is 576 g/mol. The van der Waals surface area contributed by atoms with Crippen molar-refractivity contribution in [1.29, 1.82) is 0 Å². The van der Waals surface area contributed by atoms with Gasteiger partial charge in [0.1, 0.15) is 6.61 Å². The topological polar surface area (TPSA) is 63.6 Å². The number of rotatable bonds is 3. The first-order chi connectivity index (χ1) is 17.1. The molecule has 0 aromatic heterocycles. The van der Waals surface area contributed by atoms with Crippen molar-refractivity contribution in [3.8, 4) is 0 Å². The maximum atomic E-state index is 14.4. The Balaban J connectivity index is 1.56. The molecule has 1 N–H and O–H groups in total. The van der Waals surface area contributed by atoms with Crippen LogP contribution < -0.4 is 0 Å². The summed E-state index contributed by atoms with van der Waals surface area (Å²) in [7, 11) is 0. The third kappa shape index (κ3) is 3.67.